The van der Waals surface area contributed by atoms with Gasteiger partial charge in [0.15, 0.2) is 5.82 Å². The summed E-state index contributed by atoms with van der Waals surface area (Å²) in [6.07, 6.45) is 1.00. The number of nitrogens with one attached hydrogen (secondary N) is 1. The molecule has 2 heterocycles. The van der Waals surface area contributed by atoms with Crippen LogP contribution in [-0.2, 0) is 12.8 Å². The SMILES string of the molecule is CCc1[nH]n(-c2c(Cl)cccc2Cl)c2nc(Cc3cccc(OC)c3)nc(=O)c1-2. The number of aromatic amines is 1. The van der Waals surface area contributed by atoms with Gasteiger partial charge in [0.1, 0.15) is 22.8 Å². The molecule has 2 aliphatic rings. The van der Waals surface area contributed by atoms with Crippen LogP contribution in [0.2, 0.25) is 10.0 Å². The highest BCUT2D eigenvalue weighted by Crippen LogP contribution is 2.33. The Morgan fingerprint density at radius 2 is 1.83 bits per heavy atom. The Morgan fingerprint density at radius 1 is 1.10 bits per heavy atom. The number of methoxy groups -OCH3 is 1. The molecule has 0 saturated heterocycles. The summed E-state index contributed by atoms with van der Waals surface area (Å²) in [6, 6.07) is 12.8. The number of hydrogen-bond acceptors (Lipinski definition) is 4. The lowest BCUT2D eigenvalue weighted by Crippen LogP contribution is -2.17. The number of H-pyrrole nitrogens is 1. The highest BCUT2D eigenvalue weighted by Gasteiger charge is 2.24. The molecule has 0 bridgehead atoms. The Hall–Kier alpha value is -2.83. The van der Waals surface area contributed by atoms with Crippen molar-refractivity contribution in [3.8, 4) is 22.8 Å². The van der Waals surface area contributed by atoms with E-state index >= 15 is 0 Å². The highest BCUT2D eigenvalue weighted by atomic mass is 35.5. The van der Waals surface area contributed by atoms with E-state index in [-0.39, 0.29) is 5.56 Å². The lowest BCUT2D eigenvalue weighted by atomic mass is 10.1. The molecule has 29 heavy (non-hydrogen) atoms. The van der Waals surface area contributed by atoms with E-state index in [4.69, 9.17) is 27.9 Å². The normalized spacial score (nSPS) is 11.2. The van der Waals surface area contributed by atoms with Crippen LogP contribution in [0.15, 0.2) is 47.3 Å². The molecule has 0 amide bonds. The van der Waals surface area contributed by atoms with Crippen molar-refractivity contribution in [1.82, 2.24) is 19.7 Å². The number of para-hydroxylation sites is 1. The summed E-state index contributed by atoms with van der Waals surface area (Å²) in [5.74, 6) is 1.60. The fourth-order valence-corrected chi connectivity index (χ4v) is 3.87. The van der Waals surface area contributed by atoms with E-state index in [1.807, 2.05) is 31.2 Å². The van der Waals surface area contributed by atoms with Crippen LogP contribution in [0.3, 0.4) is 0 Å². The van der Waals surface area contributed by atoms with Gasteiger partial charge in [-0.05, 0) is 36.2 Å². The summed E-state index contributed by atoms with van der Waals surface area (Å²) in [5.41, 5.74) is 2.33. The first-order valence-electron chi connectivity index (χ1n) is 9.09. The van der Waals surface area contributed by atoms with Gasteiger partial charge in [-0.15, -0.1) is 0 Å². The minimum Gasteiger partial charge on any atom is -0.497 e. The van der Waals surface area contributed by atoms with Crippen molar-refractivity contribution in [2.45, 2.75) is 19.8 Å². The van der Waals surface area contributed by atoms with Gasteiger partial charge in [-0.2, -0.15) is 4.98 Å². The predicted molar refractivity (Wildman–Crippen MR) is 114 cm³/mol. The summed E-state index contributed by atoms with van der Waals surface area (Å²) < 4.78 is 6.93. The van der Waals surface area contributed by atoms with Crippen molar-refractivity contribution in [3.05, 3.63) is 79.9 Å². The lowest BCUT2D eigenvalue weighted by molar-refractivity contribution is 0.414. The highest BCUT2D eigenvalue weighted by molar-refractivity contribution is 6.37. The first-order valence-corrected chi connectivity index (χ1v) is 9.85. The molecule has 8 heteroatoms. The van der Waals surface area contributed by atoms with Crippen molar-refractivity contribution in [3.63, 3.8) is 0 Å². The number of hydrogen-bond donors (Lipinski definition) is 1. The molecular formula is C21H18Cl2N4O2. The van der Waals surface area contributed by atoms with Crippen molar-refractivity contribution in [1.29, 1.82) is 0 Å². The summed E-state index contributed by atoms with van der Waals surface area (Å²) >= 11 is 12.8. The number of rotatable bonds is 5. The lowest BCUT2D eigenvalue weighted by Gasteiger charge is -2.11. The van der Waals surface area contributed by atoms with E-state index in [0.717, 1.165) is 17.0 Å². The number of fused-ring (bicyclic) bond motifs is 1. The van der Waals surface area contributed by atoms with Crippen LogP contribution in [0.25, 0.3) is 17.1 Å². The van der Waals surface area contributed by atoms with Crippen LogP contribution < -0.4 is 10.3 Å². The predicted octanol–water partition coefficient (Wildman–Crippen LogP) is 4.53. The number of aromatic nitrogens is 4. The second-order valence-corrected chi connectivity index (χ2v) is 7.34. The van der Waals surface area contributed by atoms with Crippen molar-refractivity contribution in [2.24, 2.45) is 0 Å². The van der Waals surface area contributed by atoms with E-state index in [9.17, 15) is 4.79 Å². The minimum atomic E-state index is -0.331. The Kier molecular flexibility index (Phi) is 5.30. The zero-order chi connectivity index (χ0) is 20.5. The van der Waals surface area contributed by atoms with E-state index in [0.29, 0.717) is 45.8 Å². The van der Waals surface area contributed by atoms with E-state index in [2.05, 4.69) is 15.1 Å². The topological polar surface area (TPSA) is 72.8 Å². The molecule has 6 nitrogen and oxygen atoms in total. The Morgan fingerprint density at radius 3 is 2.52 bits per heavy atom. The first kappa shape index (κ1) is 19.5. The van der Waals surface area contributed by atoms with Crippen molar-refractivity contribution < 1.29 is 4.74 Å². The Labute approximate surface area is 177 Å². The maximum absolute atomic E-state index is 12.8. The molecule has 2 aromatic carbocycles. The van der Waals surface area contributed by atoms with Crippen LogP contribution in [-0.4, -0.2) is 26.9 Å². The minimum absolute atomic E-state index is 0.331. The number of nitrogens with zero attached hydrogens (tertiary/aromatic N) is 3. The second-order valence-electron chi connectivity index (χ2n) is 6.52. The number of aryl methyl sites for hydroxylation is 1. The van der Waals surface area contributed by atoms with Crippen LogP contribution in [0.5, 0.6) is 5.75 Å². The van der Waals surface area contributed by atoms with Crippen molar-refractivity contribution in [2.75, 3.05) is 7.11 Å². The average molecular weight is 429 g/mol. The third-order valence-electron chi connectivity index (χ3n) is 4.67. The number of ether oxygens (including phenoxy) is 1. The van der Waals surface area contributed by atoms with E-state index in [1.165, 1.54) is 0 Å². The molecule has 0 radical (unpaired) electrons. The quantitative estimate of drug-likeness (QED) is 0.506. The molecule has 2 aromatic rings. The van der Waals surface area contributed by atoms with Gasteiger partial charge in [0, 0.05) is 12.1 Å². The second kappa shape index (κ2) is 7.89. The smallest absolute Gasteiger partial charge is 0.284 e. The van der Waals surface area contributed by atoms with Gasteiger partial charge in [-0.3, -0.25) is 9.89 Å². The fraction of sp³-hybridized carbons (Fsp3) is 0.190. The zero-order valence-corrected chi connectivity index (χ0v) is 17.4. The number of benzene rings is 2. The molecule has 0 aliphatic carbocycles. The van der Waals surface area contributed by atoms with Gasteiger partial charge in [0.25, 0.3) is 5.56 Å². The first-order chi connectivity index (χ1) is 14.0. The van der Waals surface area contributed by atoms with Gasteiger partial charge < -0.3 is 4.74 Å². The van der Waals surface area contributed by atoms with Gasteiger partial charge in [0.05, 0.1) is 17.2 Å². The number of halogens is 2. The fourth-order valence-electron chi connectivity index (χ4n) is 3.31. The Bertz CT molecular complexity index is 1200. The summed E-state index contributed by atoms with van der Waals surface area (Å²) in [7, 11) is 1.61. The third kappa shape index (κ3) is 3.61. The molecule has 1 N–H and O–H groups in total. The summed E-state index contributed by atoms with van der Waals surface area (Å²) in [4.78, 5) is 21.7. The summed E-state index contributed by atoms with van der Waals surface area (Å²) in [5, 5.41) is 4.12. The zero-order valence-electron chi connectivity index (χ0n) is 15.9. The Balaban J connectivity index is 1.89. The van der Waals surface area contributed by atoms with Gasteiger partial charge in [-0.25, -0.2) is 9.67 Å². The summed E-state index contributed by atoms with van der Waals surface area (Å²) in [6.45, 7) is 1.95. The van der Waals surface area contributed by atoms with Crippen LogP contribution in [0.1, 0.15) is 24.0 Å². The maximum atomic E-state index is 12.8. The monoisotopic (exact) mass is 428 g/mol. The molecule has 148 valence electrons. The van der Waals surface area contributed by atoms with Gasteiger partial charge in [-0.1, -0.05) is 48.3 Å². The molecule has 2 aliphatic heterocycles. The molecule has 0 aromatic heterocycles. The van der Waals surface area contributed by atoms with Crippen LogP contribution in [0, 0.1) is 0 Å². The van der Waals surface area contributed by atoms with E-state index in [1.54, 1.807) is 30.0 Å². The van der Waals surface area contributed by atoms with Crippen molar-refractivity contribution >= 4 is 23.2 Å². The van der Waals surface area contributed by atoms with Crippen LogP contribution >= 0.6 is 23.2 Å². The van der Waals surface area contributed by atoms with Crippen LogP contribution in [0.4, 0.5) is 0 Å². The molecule has 0 atom stereocenters. The molecule has 0 spiro atoms. The molecule has 0 saturated carbocycles. The standard InChI is InChI=1S/C21H18Cl2N4O2/c1-3-16-18-20(27(26-16)19-14(22)8-5-9-15(19)23)24-17(25-21(18)28)11-12-6-4-7-13(10-12)29-2/h4-10,26H,3,11H2,1-2H3. The van der Waals surface area contributed by atoms with Gasteiger partial charge >= 0.3 is 0 Å². The molecule has 0 fully saturated rings. The maximum Gasteiger partial charge on any atom is 0.284 e. The molecule has 0 unspecified atom stereocenters. The molecular weight excluding hydrogens is 411 g/mol. The van der Waals surface area contributed by atoms with E-state index < -0.39 is 0 Å². The molecule has 4 rings (SSSR count). The van der Waals surface area contributed by atoms with Gasteiger partial charge in [0.2, 0.25) is 0 Å². The average Bonchev–Trinajstić information content (AvgIpc) is 3.07. The third-order valence-corrected chi connectivity index (χ3v) is 5.28. The largest absolute Gasteiger partial charge is 0.497 e.